The van der Waals surface area contributed by atoms with Gasteiger partial charge in [-0.05, 0) is 24.6 Å². The fourth-order valence-corrected chi connectivity index (χ4v) is 2.87. The Balaban J connectivity index is 2.15. The average molecular weight is 315 g/mol. The lowest BCUT2D eigenvalue weighted by Crippen LogP contribution is -2.28. The van der Waals surface area contributed by atoms with Gasteiger partial charge in [-0.25, -0.2) is 0 Å². The number of carbonyl (C=O) groups excluding carboxylic acids is 1. The number of fused-ring (bicyclic) bond motifs is 1. The molecule has 1 N–H and O–H groups in total. The lowest BCUT2D eigenvalue weighted by Gasteiger charge is -2.24. The minimum atomic E-state index is -0.379. The van der Waals surface area contributed by atoms with Crippen LogP contribution in [0.15, 0.2) is 29.1 Å². The van der Waals surface area contributed by atoms with Crippen LogP contribution in [-0.2, 0) is 4.79 Å². The van der Waals surface area contributed by atoms with E-state index >= 15 is 0 Å². The van der Waals surface area contributed by atoms with E-state index in [1.165, 1.54) is 0 Å². The standard InChI is InChI=1S/C17H17NO5/c1-9-6-14-16(17(20)18-9)11(8-15(19)23-14)10-4-5-12(21-2)13(7-10)22-3/h4-7,11H,8H2,1-3H3,(H,18,20)/t11-/m1/s1. The first-order valence-corrected chi connectivity index (χ1v) is 7.20. The molecule has 2 heterocycles. The zero-order valence-electron chi connectivity index (χ0n) is 13.1. The highest BCUT2D eigenvalue weighted by atomic mass is 16.5. The predicted octanol–water partition coefficient (Wildman–Crippen LogP) is 2.14. The molecule has 120 valence electrons. The van der Waals surface area contributed by atoms with Gasteiger partial charge in [0.05, 0.1) is 26.2 Å². The van der Waals surface area contributed by atoms with E-state index in [4.69, 9.17) is 14.2 Å². The molecule has 1 aromatic carbocycles. The number of benzene rings is 1. The zero-order valence-corrected chi connectivity index (χ0v) is 13.1. The monoisotopic (exact) mass is 315 g/mol. The van der Waals surface area contributed by atoms with Gasteiger partial charge >= 0.3 is 5.97 Å². The molecule has 0 saturated carbocycles. The van der Waals surface area contributed by atoms with Gasteiger partial charge in [0.15, 0.2) is 11.5 Å². The Morgan fingerprint density at radius 1 is 1.13 bits per heavy atom. The molecular weight excluding hydrogens is 298 g/mol. The van der Waals surface area contributed by atoms with Crippen molar-refractivity contribution in [3.63, 3.8) is 0 Å². The van der Waals surface area contributed by atoms with Crippen molar-refractivity contribution in [2.45, 2.75) is 19.3 Å². The molecule has 0 radical (unpaired) electrons. The molecule has 0 fully saturated rings. The highest BCUT2D eigenvalue weighted by Gasteiger charge is 2.31. The molecule has 0 spiro atoms. The van der Waals surface area contributed by atoms with E-state index in [-0.39, 0.29) is 23.9 Å². The molecule has 1 aliphatic heterocycles. The van der Waals surface area contributed by atoms with Crippen LogP contribution < -0.4 is 19.8 Å². The Bertz CT molecular complexity index is 824. The number of rotatable bonds is 3. The molecule has 1 aromatic heterocycles. The summed E-state index contributed by atoms with van der Waals surface area (Å²) in [5.74, 6) is 0.724. The molecule has 0 aliphatic carbocycles. The largest absolute Gasteiger partial charge is 0.493 e. The van der Waals surface area contributed by atoms with Crippen LogP contribution in [0.4, 0.5) is 0 Å². The molecule has 6 nitrogen and oxygen atoms in total. The number of carbonyl (C=O) groups is 1. The van der Waals surface area contributed by atoms with Crippen molar-refractivity contribution in [1.29, 1.82) is 0 Å². The number of esters is 1. The van der Waals surface area contributed by atoms with Gasteiger partial charge in [0.1, 0.15) is 5.75 Å². The van der Waals surface area contributed by atoms with Gasteiger partial charge in [0, 0.05) is 17.7 Å². The summed E-state index contributed by atoms with van der Waals surface area (Å²) in [6, 6.07) is 7.04. The third-order valence-corrected chi connectivity index (χ3v) is 3.92. The number of aryl methyl sites for hydroxylation is 1. The zero-order chi connectivity index (χ0) is 16.6. The topological polar surface area (TPSA) is 77.6 Å². The number of hydrogen-bond acceptors (Lipinski definition) is 5. The van der Waals surface area contributed by atoms with Crippen LogP contribution in [0.5, 0.6) is 17.2 Å². The summed E-state index contributed by atoms with van der Waals surface area (Å²) < 4.78 is 15.8. The van der Waals surface area contributed by atoms with Crippen LogP contribution in [0.2, 0.25) is 0 Å². The first-order chi connectivity index (χ1) is 11.0. The normalized spacial score (nSPS) is 16.5. The Labute approximate surface area is 133 Å². The quantitative estimate of drug-likeness (QED) is 0.878. The van der Waals surface area contributed by atoms with Gasteiger partial charge in [0.25, 0.3) is 5.56 Å². The minimum Gasteiger partial charge on any atom is -0.493 e. The van der Waals surface area contributed by atoms with Gasteiger partial charge in [0.2, 0.25) is 0 Å². The van der Waals surface area contributed by atoms with Gasteiger partial charge in [-0.3, -0.25) is 9.59 Å². The van der Waals surface area contributed by atoms with Crippen molar-refractivity contribution in [3.05, 3.63) is 51.4 Å². The van der Waals surface area contributed by atoms with Crippen molar-refractivity contribution < 1.29 is 19.0 Å². The fourth-order valence-electron chi connectivity index (χ4n) is 2.87. The molecule has 1 atom stereocenters. The van der Waals surface area contributed by atoms with Crippen LogP contribution in [0, 0.1) is 6.92 Å². The van der Waals surface area contributed by atoms with Crippen LogP contribution in [0.1, 0.15) is 29.2 Å². The smallest absolute Gasteiger partial charge is 0.312 e. The van der Waals surface area contributed by atoms with Crippen LogP contribution >= 0.6 is 0 Å². The minimum absolute atomic E-state index is 0.106. The molecule has 0 saturated heterocycles. The first kappa shape index (κ1) is 15.1. The Morgan fingerprint density at radius 3 is 2.57 bits per heavy atom. The summed E-state index contributed by atoms with van der Waals surface area (Å²) in [7, 11) is 3.10. The van der Waals surface area contributed by atoms with Crippen molar-refractivity contribution in [2.24, 2.45) is 0 Å². The third kappa shape index (κ3) is 2.67. The molecule has 6 heteroatoms. The second-order valence-corrected chi connectivity index (χ2v) is 5.40. The summed E-state index contributed by atoms with van der Waals surface area (Å²) in [6.45, 7) is 1.75. The highest BCUT2D eigenvalue weighted by Crippen LogP contribution is 2.39. The lowest BCUT2D eigenvalue weighted by atomic mass is 9.87. The van der Waals surface area contributed by atoms with E-state index < -0.39 is 0 Å². The van der Waals surface area contributed by atoms with E-state index in [1.807, 2.05) is 6.07 Å². The maximum absolute atomic E-state index is 12.3. The van der Waals surface area contributed by atoms with E-state index in [1.54, 1.807) is 39.3 Å². The predicted molar refractivity (Wildman–Crippen MR) is 83.4 cm³/mol. The Hall–Kier alpha value is -2.76. The summed E-state index contributed by atoms with van der Waals surface area (Å²) in [6.07, 6.45) is 0.106. The van der Waals surface area contributed by atoms with Gasteiger partial charge in [-0.1, -0.05) is 6.07 Å². The van der Waals surface area contributed by atoms with Crippen LogP contribution in [0.25, 0.3) is 0 Å². The number of aromatic nitrogens is 1. The van der Waals surface area contributed by atoms with Crippen molar-refractivity contribution in [1.82, 2.24) is 4.98 Å². The summed E-state index contributed by atoms with van der Waals surface area (Å²) >= 11 is 0. The van der Waals surface area contributed by atoms with Crippen molar-refractivity contribution >= 4 is 5.97 Å². The molecule has 0 bridgehead atoms. The Morgan fingerprint density at radius 2 is 1.87 bits per heavy atom. The summed E-state index contributed by atoms with van der Waals surface area (Å²) in [4.78, 5) is 27.0. The number of H-pyrrole nitrogens is 1. The molecule has 0 amide bonds. The van der Waals surface area contributed by atoms with Crippen molar-refractivity contribution in [2.75, 3.05) is 14.2 Å². The molecule has 1 aliphatic rings. The second-order valence-electron chi connectivity index (χ2n) is 5.40. The second kappa shape index (κ2) is 5.79. The SMILES string of the molecule is COc1ccc([C@H]2CC(=O)Oc3cc(C)[nH]c(=O)c32)cc1OC. The fraction of sp³-hybridized carbons (Fsp3) is 0.294. The lowest BCUT2D eigenvalue weighted by molar-refractivity contribution is -0.135. The van der Waals surface area contributed by atoms with Gasteiger partial charge in [-0.15, -0.1) is 0 Å². The van der Waals surface area contributed by atoms with Crippen LogP contribution in [0.3, 0.4) is 0 Å². The highest BCUT2D eigenvalue weighted by molar-refractivity contribution is 5.77. The average Bonchev–Trinajstić information content (AvgIpc) is 2.52. The van der Waals surface area contributed by atoms with E-state index in [0.29, 0.717) is 28.5 Å². The molecule has 3 rings (SSSR count). The maximum Gasteiger partial charge on any atom is 0.312 e. The summed E-state index contributed by atoms with van der Waals surface area (Å²) in [5.41, 5.74) is 1.67. The van der Waals surface area contributed by atoms with E-state index in [9.17, 15) is 9.59 Å². The maximum atomic E-state index is 12.3. The molecule has 2 aromatic rings. The Kier molecular flexibility index (Phi) is 3.82. The number of methoxy groups -OCH3 is 2. The van der Waals surface area contributed by atoms with Gasteiger partial charge in [-0.2, -0.15) is 0 Å². The number of hydrogen-bond donors (Lipinski definition) is 1. The van der Waals surface area contributed by atoms with E-state index in [0.717, 1.165) is 5.56 Å². The third-order valence-electron chi connectivity index (χ3n) is 3.92. The van der Waals surface area contributed by atoms with Crippen molar-refractivity contribution in [3.8, 4) is 17.2 Å². The number of ether oxygens (including phenoxy) is 3. The van der Waals surface area contributed by atoms with E-state index in [2.05, 4.69) is 4.98 Å². The molecule has 23 heavy (non-hydrogen) atoms. The first-order valence-electron chi connectivity index (χ1n) is 7.20. The number of pyridine rings is 1. The van der Waals surface area contributed by atoms with Crippen LogP contribution in [-0.4, -0.2) is 25.2 Å². The molecular formula is C17H17NO5. The summed E-state index contributed by atoms with van der Waals surface area (Å²) in [5, 5.41) is 0. The number of nitrogens with one attached hydrogen (secondary N) is 1. The number of aromatic amines is 1. The van der Waals surface area contributed by atoms with Gasteiger partial charge < -0.3 is 19.2 Å². The molecule has 0 unspecified atom stereocenters.